The van der Waals surface area contributed by atoms with E-state index in [1.807, 2.05) is 70.1 Å². The van der Waals surface area contributed by atoms with Gasteiger partial charge >= 0.3 is 0 Å². The van der Waals surface area contributed by atoms with Crippen LogP contribution in [0.25, 0.3) is 10.8 Å². The van der Waals surface area contributed by atoms with Gasteiger partial charge in [0.25, 0.3) is 27.7 Å². The lowest BCUT2D eigenvalue weighted by atomic mass is 9.90. The molecule has 0 spiro atoms. The summed E-state index contributed by atoms with van der Waals surface area (Å²) in [7, 11) is -4.37. The van der Waals surface area contributed by atoms with Gasteiger partial charge in [-0.25, -0.2) is 18.1 Å². The molecule has 1 unspecified atom stereocenters. The Morgan fingerprint density at radius 3 is 2.33 bits per heavy atom. The predicted octanol–water partition coefficient (Wildman–Crippen LogP) is 8.24. The Morgan fingerprint density at radius 2 is 1.61 bits per heavy atom. The van der Waals surface area contributed by atoms with Gasteiger partial charge < -0.3 is 19.5 Å². The van der Waals surface area contributed by atoms with Gasteiger partial charge in [-0.15, -0.1) is 0 Å². The van der Waals surface area contributed by atoms with Crippen LogP contribution >= 0.6 is 11.6 Å². The van der Waals surface area contributed by atoms with Crippen molar-refractivity contribution in [2.75, 3.05) is 19.7 Å². The lowest BCUT2D eigenvalue weighted by molar-refractivity contribution is 0.0542. The van der Waals surface area contributed by atoms with Gasteiger partial charge in [-0.3, -0.25) is 14.4 Å². The summed E-state index contributed by atoms with van der Waals surface area (Å²) in [5.41, 5.74) is 3.92. The number of sulfonamides is 1. The fraction of sp³-hybridized carbons (Fsp3) is 0.292. The van der Waals surface area contributed by atoms with Gasteiger partial charge in [-0.05, 0) is 83.7 Å². The number of aromatic nitrogens is 2. The first kappa shape index (κ1) is 43.3. The number of hydrogen-bond acceptors (Lipinski definition) is 7. The van der Waals surface area contributed by atoms with Crippen LogP contribution in [0.1, 0.15) is 99.0 Å². The van der Waals surface area contributed by atoms with Crippen molar-refractivity contribution >= 4 is 50.1 Å². The third-order valence-electron chi connectivity index (χ3n) is 11.4. The molecular formula is C48H50ClN5O6S. The Labute approximate surface area is 362 Å². The zero-order valence-corrected chi connectivity index (χ0v) is 35.9. The third kappa shape index (κ3) is 9.72. The Bertz CT molecular complexity index is 2640. The SMILES string of the molecule is CCCCN(CCCC)C(=O)c1cn(C(Cc2ccc(C(=O)NS(=O)(=O)c3ccc4cccc(Cl)c4c3)cc2C(=O)N2Cc3ccccc3C[C@H]2CO)c2ccccc2)cn1. The molecule has 11 nitrogen and oxygen atoms in total. The van der Waals surface area contributed by atoms with Crippen LogP contribution in [-0.4, -0.2) is 76.3 Å². The van der Waals surface area contributed by atoms with Crippen LogP contribution in [0.15, 0.2) is 127 Å². The van der Waals surface area contributed by atoms with Crippen LogP contribution in [0.5, 0.6) is 0 Å². The summed E-state index contributed by atoms with van der Waals surface area (Å²) in [4.78, 5) is 50.5. The molecule has 2 atom stereocenters. The Morgan fingerprint density at radius 1 is 0.885 bits per heavy atom. The van der Waals surface area contributed by atoms with E-state index < -0.39 is 33.9 Å². The van der Waals surface area contributed by atoms with E-state index in [4.69, 9.17) is 11.6 Å². The molecular weight excluding hydrogens is 810 g/mol. The number of nitrogens with zero attached hydrogens (tertiary/aromatic N) is 4. The van der Waals surface area contributed by atoms with Gasteiger partial charge in [-0.1, -0.05) is 117 Å². The van der Waals surface area contributed by atoms with Gasteiger partial charge in [-0.2, -0.15) is 0 Å². The second-order valence-corrected chi connectivity index (χ2v) is 17.6. The largest absolute Gasteiger partial charge is 0.394 e. The highest BCUT2D eigenvalue weighted by Crippen LogP contribution is 2.31. The summed E-state index contributed by atoms with van der Waals surface area (Å²) < 4.78 is 31.4. The topological polar surface area (TPSA) is 142 Å². The number of carbonyl (C=O) groups excluding carboxylic acids is 3. The van der Waals surface area contributed by atoms with E-state index in [0.717, 1.165) is 47.8 Å². The van der Waals surface area contributed by atoms with Crippen molar-refractivity contribution in [3.8, 4) is 0 Å². The number of fused-ring (bicyclic) bond motifs is 2. The van der Waals surface area contributed by atoms with Gasteiger partial charge in [0, 0.05) is 47.4 Å². The summed E-state index contributed by atoms with van der Waals surface area (Å²) in [6.45, 7) is 5.43. The van der Waals surface area contributed by atoms with E-state index in [-0.39, 0.29) is 41.5 Å². The van der Waals surface area contributed by atoms with E-state index in [1.54, 1.807) is 41.7 Å². The maximum atomic E-state index is 14.9. The summed E-state index contributed by atoms with van der Waals surface area (Å²) in [6.07, 6.45) is 7.77. The number of hydrogen-bond donors (Lipinski definition) is 2. The Kier molecular flexibility index (Phi) is 13.7. The van der Waals surface area contributed by atoms with Crippen molar-refractivity contribution < 1.29 is 27.9 Å². The minimum Gasteiger partial charge on any atom is -0.394 e. The van der Waals surface area contributed by atoms with Gasteiger partial charge in [0.1, 0.15) is 5.69 Å². The molecule has 1 aliphatic rings. The van der Waals surface area contributed by atoms with Gasteiger partial charge in [0.05, 0.1) is 29.9 Å². The number of aliphatic hydroxyl groups excluding tert-OH is 1. The minimum atomic E-state index is -4.37. The number of amides is 3. The molecule has 5 aromatic carbocycles. The first-order chi connectivity index (χ1) is 29.5. The molecule has 7 rings (SSSR count). The number of aliphatic hydroxyl groups is 1. The fourth-order valence-electron chi connectivity index (χ4n) is 7.93. The quantitative estimate of drug-likeness (QED) is 0.0999. The molecule has 6 aromatic rings. The summed E-state index contributed by atoms with van der Waals surface area (Å²) in [5, 5.41) is 12.2. The minimum absolute atomic E-state index is 0.0431. The number of unbranched alkanes of at least 4 members (excludes halogenated alkanes) is 2. The van der Waals surface area contributed by atoms with E-state index >= 15 is 0 Å². The average molecular weight is 860 g/mol. The van der Waals surface area contributed by atoms with Gasteiger partial charge in [0.15, 0.2) is 0 Å². The molecule has 0 bridgehead atoms. The molecule has 1 aromatic heterocycles. The number of nitrogens with one attached hydrogen (secondary N) is 1. The Balaban J connectivity index is 1.26. The highest BCUT2D eigenvalue weighted by atomic mass is 35.5. The smallest absolute Gasteiger partial charge is 0.274 e. The predicted molar refractivity (Wildman–Crippen MR) is 237 cm³/mol. The molecule has 2 N–H and O–H groups in total. The molecule has 2 heterocycles. The molecule has 0 saturated heterocycles. The van der Waals surface area contributed by atoms with E-state index in [1.165, 1.54) is 24.3 Å². The highest BCUT2D eigenvalue weighted by Gasteiger charge is 2.33. The molecule has 316 valence electrons. The van der Waals surface area contributed by atoms with Crippen LogP contribution in [0.2, 0.25) is 5.02 Å². The number of imidazole rings is 1. The van der Waals surface area contributed by atoms with E-state index in [2.05, 4.69) is 23.6 Å². The van der Waals surface area contributed by atoms with Crippen molar-refractivity contribution in [3.05, 3.63) is 166 Å². The molecule has 13 heteroatoms. The zero-order chi connectivity index (χ0) is 43.1. The zero-order valence-electron chi connectivity index (χ0n) is 34.3. The average Bonchev–Trinajstić information content (AvgIpc) is 3.77. The van der Waals surface area contributed by atoms with Crippen molar-refractivity contribution in [3.63, 3.8) is 0 Å². The molecule has 1 aliphatic heterocycles. The van der Waals surface area contributed by atoms with Crippen LogP contribution in [0.3, 0.4) is 0 Å². The van der Waals surface area contributed by atoms with Crippen LogP contribution in [0.4, 0.5) is 0 Å². The summed E-state index contributed by atoms with van der Waals surface area (Å²) in [5.74, 6) is -1.47. The summed E-state index contributed by atoms with van der Waals surface area (Å²) >= 11 is 6.37. The molecule has 0 radical (unpaired) electrons. The first-order valence-corrected chi connectivity index (χ1v) is 22.6. The maximum absolute atomic E-state index is 14.9. The van der Waals surface area contributed by atoms with Crippen molar-refractivity contribution in [1.29, 1.82) is 0 Å². The molecule has 0 aliphatic carbocycles. The standard InChI is InChI=1S/C48H50ClN5O6S/c1-3-5-23-52(24-6-4-2)48(58)44-30-53(32-50-44)45(34-13-8-7-9-14-34)27-36-19-20-37(26-42(36)47(57)54-29-38-16-11-10-15-35(38)25-39(54)31-55)46(56)51-61(59,60)40-22-21-33-17-12-18-43(49)41(33)28-40/h7-22,26,28,30,32,39,45,55H,3-6,23-25,27,29,31H2,1-2H3,(H,51,56)/t39-,45?/m0/s1. The number of rotatable bonds is 16. The number of carbonyl (C=O) groups is 3. The number of benzene rings is 5. The lowest BCUT2D eigenvalue weighted by Crippen LogP contribution is -2.46. The monoisotopic (exact) mass is 859 g/mol. The first-order valence-electron chi connectivity index (χ1n) is 20.8. The molecule has 0 fully saturated rings. The lowest BCUT2D eigenvalue weighted by Gasteiger charge is -2.36. The van der Waals surface area contributed by atoms with Crippen LogP contribution in [0, 0.1) is 0 Å². The molecule has 3 amide bonds. The van der Waals surface area contributed by atoms with Crippen molar-refractivity contribution in [2.45, 2.75) is 75.9 Å². The Hall–Kier alpha value is -5.82. The molecule has 0 saturated carbocycles. The van der Waals surface area contributed by atoms with Crippen LogP contribution in [-0.2, 0) is 29.4 Å². The third-order valence-corrected chi connectivity index (χ3v) is 13.1. The van der Waals surface area contributed by atoms with Gasteiger partial charge in [0.2, 0.25) is 0 Å². The van der Waals surface area contributed by atoms with E-state index in [0.29, 0.717) is 41.2 Å². The second kappa shape index (κ2) is 19.3. The maximum Gasteiger partial charge on any atom is 0.274 e. The summed E-state index contributed by atoms with van der Waals surface area (Å²) in [6, 6.07) is 30.8. The normalized spacial score (nSPS) is 14.4. The van der Waals surface area contributed by atoms with Crippen molar-refractivity contribution in [1.82, 2.24) is 24.1 Å². The second-order valence-electron chi connectivity index (χ2n) is 15.5. The van der Waals surface area contributed by atoms with Crippen LogP contribution < -0.4 is 4.72 Å². The highest BCUT2D eigenvalue weighted by molar-refractivity contribution is 7.90. The van der Waals surface area contributed by atoms with Crippen molar-refractivity contribution in [2.24, 2.45) is 0 Å². The van der Waals surface area contributed by atoms with E-state index in [9.17, 15) is 27.9 Å². The fourth-order valence-corrected chi connectivity index (χ4v) is 9.17. The molecule has 61 heavy (non-hydrogen) atoms. The number of halogens is 1.